The van der Waals surface area contributed by atoms with Crippen molar-refractivity contribution in [1.29, 1.82) is 0 Å². The van der Waals surface area contributed by atoms with Crippen molar-refractivity contribution in [3.63, 3.8) is 0 Å². The second-order valence-electron chi connectivity index (χ2n) is 8.61. The van der Waals surface area contributed by atoms with Crippen molar-refractivity contribution in [2.24, 2.45) is 0 Å². The van der Waals surface area contributed by atoms with Gasteiger partial charge in [0, 0.05) is 42.5 Å². The van der Waals surface area contributed by atoms with Crippen LogP contribution in [-0.2, 0) is 4.79 Å². The van der Waals surface area contributed by atoms with E-state index in [1.165, 1.54) is 12.8 Å². The molecule has 0 atom stereocenters. The van der Waals surface area contributed by atoms with Crippen molar-refractivity contribution >= 4 is 29.2 Å². The fraction of sp³-hybridized carbons (Fsp3) is 0.259. The maximum absolute atomic E-state index is 12.8. The molecule has 1 fully saturated rings. The third-order valence-electron chi connectivity index (χ3n) is 6.34. The van der Waals surface area contributed by atoms with Gasteiger partial charge in [0.1, 0.15) is 11.5 Å². The quantitative estimate of drug-likeness (QED) is 0.568. The molecule has 2 aliphatic heterocycles. The number of carbonyl (C=O) groups excluding carboxylic acids is 2. The molecule has 2 aliphatic rings. The smallest absolute Gasteiger partial charge is 0.256 e. The lowest BCUT2D eigenvalue weighted by molar-refractivity contribution is -0.110. The van der Waals surface area contributed by atoms with Crippen molar-refractivity contribution < 1.29 is 14.0 Å². The summed E-state index contributed by atoms with van der Waals surface area (Å²) in [6.07, 6.45) is 4.27. The van der Waals surface area contributed by atoms with Crippen LogP contribution in [0.1, 0.15) is 34.5 Å². The molecule has 6 nitrogen and oxygen atoms in total. The number of rotatable bonds is 6. The lowest BCUT2D eigenvalue weighted by Gasteiger charge is -2.21. The highest BCUT2D eigenvalue weighted by molar-refractivity contribution is 6.34. The van der Waals surface area contributed by atoms with Crippen LogP contribution in [0.4, 0.5) is 5.69 Å². The van der Waals surface area contributed by atoms with E-state index in [-0.39, 0.29) is 11.8 Å². The summed E-state index contributed by atoms with van der Waals surface area (Å²) in [6, 6.07) is 18.8. The van der Waals surface area contributed by atoms with E-state index in [1.807, 2.05) is 67.7 Å². The number of hydrogen-bond acceptors (Lipinski definition) is 4. The van der Waals surface area contributed by atoms with Gasteiger partial charge < -0.3 is 19.5 Å². The Hall–Kier alpha value is -3.64. The Bertz CT molecular complexity index is 1200. The third kappa shape index (κ3) is 4.47. The molecule has 0 unspecified atom stereocenters. The summed E-state index contributed by atoms with van der Waals surface area (Å²) < 4.78 is 5.98. The Balaban J connectivity index is 1.27. The van der Waals surface area contributed by atoms with E-state index in [9.17, 15) is 9.59 Å². The molecule has 1 N–H and O–H groups in total. The molecule has 0 aliphatic carbocycles. The molecule has 0 saturated carbocycles. The zero-order valence-electron chi connectivity index (χ0n) is 18.7. The van der Waals surface area contributed by atoms with Gasteiger partial charge in [-0.25, -0.2) is 0 Å². The van der Waals surface area contributed by atoms with Gasteiger partial charge in [-0.2, -0.15) is 0 Å². The largest absolute Gasteiger partial charge is 0.457 e. The minimum absolute atomic E-state index is 0.0246. The molecule has 168 valence electrons. The Labute approximate surface area is 193 Å². The van der Waals surface area contributed by atoms with Gasteiger partial charge in [-0.05, 0) is 62.3 Å². The number of para-hydroxylation sites is 1. The molecule has 3 aromatic rings. The number of likely N-dealkylation sites (tertiary alicyclic amines) is 1. The van der Waals surface area contributed by atoms with Gasteiger partial charge in [-0.1, -0.05) is 30.3 Å². The number of hydrogen-bond donors (Lipinski definition) is 1. The van der Waals surface area contributed by atoms with Crippen LogP contribution in [0.5, 0.6) is 0 Å². The average molecular weight is 442 g/mol. The first-order chi connectivity index (χ1) is 16.1. The van der Waals surface area contributed by atoms with E-state index >= 15 is 0 Å². The molecule has 2 aromatic carbocycles. The minimum atomic E-state index is -0.133. The zero-order valence-corrected chi connectivity index (χ0v) is 18.7. The second kappa shape index (κ2) is 9.08. The molecule has 1 saturated heterocycles. The maximum atomic E-state index is 12.8. The number of fused-ring (bicyclic) bond motifs is 1. The Morgan fingerprint density at radius 1 is 1.06 bits per heavy atom. The number of anilines is 1. The van der Waals surface area contributed by atoms with Gasteiger partial charge in [0.15, 0.2) is 0 Å². The Morgan fingerprint density at radius 3 is 2.61 bits per heavy atom. The zero-order chi connectivity index (χ0) is 22.8. The number of nitrogens with one attached hydrogen (secondary N) is 1. The third-order valence-corrected chi connectivity index (χ3v) is 6.34. The summed E-state index contributed by atoms with van der Waals surface area (Å²) in [5.74, 6) is 1.19. The molecule has 2 amide bonds. The lowest BCUT2D eigenvalue weighted by Crippen LogP contribution is -2.35. The summed E-state index contributed by atoms with van der Waals surface area (Å²) in [5.41, 5.74) is 3.82. The van der Waals surface area contributed by atoms with Crippen LogP contribution in [0.25, 0.3) is 23.0 Å². The average Bonchev–Trinajstić information content (AvgIpc) is 3.59. The van der Waals surface area contributed by atoms with Crippen molar-refractivity contribution in [2.45, 2.75) is 12.8 Å². The highest BCUT2D eigenvalue weighted by Crippen LogP contribution is 2.33. The van der Waals surface area contributed by atoms with Gasteiger partial charge in [0.2, 0.25) is 0 Å². The standard InChI is InChI=1S/C27H27N3O3/c1-29(16-17-30-14-4-5-15-30)27(32)20-10-8-19(9-11-20)25-13-12-21(33-25)18-23-22-6-2-3-7-24(22)28-26(23)31/h2-3,6-13,18H,4-5,14-17H2,1H3,(H,28,31)/b23-18+. The van der Waals surface area contributed by atoms with Crippen LogP contribution in [0.2, 0.25) is 0 Å². The molecule has 6 heteroatoms. The second-order valence-corrected chi connectivity index (χ2v) is 8.61. The van der Waals surface area contributed by atoms with Crippen LogP contribution in [0, 0.1) is 0 Å². The van der Waals surface area contributed by atoms with E-state index in [2.05, 4.69) is 10.2 Å². The van der Waals surface area contributed by atoms with Gasteiger partial charge in [-0.3, -0.25) is 9.59 Å². The number of likely N-dealkylation sites (N-methyl/N-ethyl adjacent to an activating group) is 1. The molecule has 33 heavy (non-hydrogen) atoms. The van der Waals surface area contributed by atoms with E-state index in [4.69, 9.17) is 4.42 Å². The van der Waals surface area contributed by atoms with Crippen molar-refractivity contribution in [2.75, 3.05) is 38.5 Å². The first kappa shape index (κ1) is 21.2. The minimum Gasteiger partial charge on any atom is -0.457 e. The number of amides is 2. The van der Waals surface area contributed by atoms with Gasteiger partial charge >= 0.3 is 0 Å². The van der Waals surface area contributed by atoms with Crippen LogP contribution in [-0.4, -0.2) is 54.8 Å². The predicted molar refractivity (Wildman–Crippen MR) is 130 cm³/mol. The summed E-state index contributed by atoms with van der Waals surface area (Å²) in [5, 5.41) is 2.87. The van der Waals surface area contributed by atoms with Gasteiger partial charge in [-0.15, -0.1) is 0 Å². The van der Waals surface area contributed by atoms with Gasteiger partial charge in [0.05, 0.1) is 5.57 Å². The summed E-state index contributed by atoms with van der Waals surface area (Å²) in [4.78, 5) is 29.3. The molecule has 3 heterocycles. The molecule has 5 rings (SSSR count). The molecule has 1 aromatic heterocycles. The first-order valence-electron chi connectivity index (χ1n) is 11.4. The van der Waals surface area contributed by atoms with Gasteiger partial charge in [0.25, 0.3) is 11.8 Å². The first-order valence-corrected chi connectivity index (χ1v) is 11.4. The maximum Gasteiger partial charge on any atom is 0.256 e. The number of furan rings is 1. The summed E-state index contributed by atoms with van der Waals surface area (Å²) >= 11 is 0. The molecule has 0 spiro atoms. The molecular weight excluding hydrogens is 414 g/mol. The SMILES string of the molecule is CN(CCN1CCCC1)C(=O)c1ccc(-c2ccc(/C=C3/C(=O)Nc4ccccc43)o2)cc1. The highest BCUT2D eigenvalue weighted by Gasteiger charge is 2.24. The molecule has 0 radical (unpaired) electrons. The number of nitrogens with zero attached hydrogens (tertiary/aromatic N) is 2. The molecular formula is C27H27N3O3. The van der Waals surface area contributed by atoms with Crippen LogP contribution in [0.3, 0.4) is 0 Å². The topological polar surface area (TPSA) is 65.8 Å². The van der Waals surface area contributed by atoms with Crippen LogP contribution < -0.4 is 5.32 Å². The van der Waals surface area contributed by atoms with E-state index in [0.29, 0.717) is 22.7 Å². The normalized spacial score (nSPS) is 16.8. The molecule has 0 bridgehead atoms. The monoisotopic (exact) mass is 441 g/mol. The Morgan fingerprint density at radius 2 is 1.82 bits per heavy atom. The highest BCUT2D eigenvalue weighted by atomic mass is 16.3. The number of carbonyl (C=O) groups is 2. The summed E-state index contributed by atoms with van der Waals surface area (Å²) in [6.45, 7) is 3.92. The van der Waals surface area contributed by atoms with E-state index < -0.39 is 0 Å². The lowest BCUT2D eigenvalue weighted by atomic mass is 10.1. The van der Waals surface area contributed by atoms with Crippen molar-refractivity contribution in [3.05, 3.63) is 77.6 Å². The fourth-order valence-corrected chi connectivity index (χ4v) is 4.41. The fourth-order valence-electron chi connectivity index (χ4n) is 4.41. The van der Waals surface area contributed by atoms with Crippen LogP contribution in [0.15, 0.2) is 65.1 Å². The summed E-state index contributed by atoms with van der Waals surface area (Å²) in [7, 11) is 1.86. The van der Waals surface area contributed by atoms with Crippen molar-refractivity contribution in [3.8, 4) is 11.3 Å². The van der Waals surface area contributed by atoms with E-state index in [1.54, 1.807) is 11.0 Å². The van der Waals surface area contributed by atoms with Crippen LogP contribution >= 0.6 is 0 Å². The predicted octanol–water partition coefficient (Wildman–Crippen LogP) is 4.61. The number of benzene rings is 2. The van der Waals surface area contributed by atoms with Crippen molar-refractivity contribution in [1.82, 2.24) is 9.80 Å². The Kier molecular flexibility index (Phi) is 5.84. The van der Waals surface area contributed by atoms with E-state index in [0.717, 1.165) is 43.0 Å².